The van der Waals surface area contributed by atoms with Crippen LogP contribution in [0.1, 0.15) is 5.56 Å². The maximum atomic E-state index is 13.5. The number of sulfonamides is 1. The number of aryl methyl sites for hydroxylation is 1. The van der Waals surface area contributed by atoms with Crippen LogP contribution in [0.2, 0.25) is 5.02 Å². The van der Waals surface area contributed by atoms with E-state index in [2.05, 4.69) is 61.3 Å². The highest BCUT2D eigenvalue weighted by molar-refractivity contribution is 7.99. The molecule has 0 amide bonds. The molecule has 2 heterocycles. The Morgan fingerprint density at radius 2 is 1.62 bits per heavy atom. The maximum absolute atomic E-state index is 13.5. The quantitative estimate of drug-likeness (QED) is 0.0519. The number of aromatic nitrogens is 2. The molecule has 0 spiro atoms. The molecule has 14 heteroatoms. The Kier molecular flexibility index (Phi) is 10.9. The zero-order valence-corrected chi connectivity index (χ0v) is 31.4. The fraction of sp³-hybridized carbons (Fsp3) is 0.205. The van der Waals surface area contributed by atoms with Crippen molar-refractivity contribution in [2.45, 2.75) is 16.3 Å². The van der Waals surface area contributed by atoms with Gasteiger partial charge in [0.1, 0.15) is 5.69 Å². The van der Waals surface area contributed by atoms with Crippen molar-refractivity contribution in [3.63, 3.8) is 0 Å². The van der Waals surface area contributed by atoms with Gasteiger partial charge in [-0.05, 0) is 71.3 Å². The second kappa shape index (κ2) is 15.9. The molecule has 11 nitrogen and oxygen atoms in total. The summed E-state index contributed by atoms with van der Waals surface area (Å²) in [6.07, 6.45) is 0. The number of benzene rings is 5. The van der Waals surface area contributed by atoms with Gasteiger partial charge in [0.15, 0.2) is 5.82 Å². The lowest BCUT2D eigenvalue weighted by Crippen LogP contribution is -2.46. The van der Waals surface area contributed by atoms with Crippen LogP contribution < -0.4 is 14.9 Å². The molecule has 7 rings (SSSR count). The fourth-order valence-corrected chi connectivity index (χ4v) is 8.48. The van der Waals surface area contributed by atoms with Crippen molar-refractivity contribution < 1.29 is 13.3 Å². The molecule has 53 heavy (non-hydrogen) atoms. The van der Waals surface area contributed by atoms with Crippen molar-refractivity contribution in [2.75, 3.05) is 53.4 Å². The third kappa shape index (κ3) is 8.44. The van der Waals surface area contributed by atoms with Gasteiger partial charge in [0.25, 0.3) is 15.7 Å². The summed E-state index contributed by atoms with van der Waals surface area (Å²) >= 11 is 7.75. The number of piperazine rings is 1. The average molecular weight is 768 g/mol. The van der Waals surface area contributed by atoms with Crippen LogP contribution in [0.3, 0.4) is 0 Å². The molecule has 0 radical (unpaired) electrons. The number of rotatable bonds is 13. The normalized spacial score (nSPS) is 13.7. The molecular weight excluding hydrogens is 730 g/mol. The summed E-state index contributed by atoms with van der Waals surface area (Å²) in [5.41, 5.74) is 5.34. The first-order valence-electron chi connectivity index (χ1n) is 17.2. The SMILES string of the molecule is Cn1nc(NS(=O)(=O)c2ccc(NCCSc3ccccc3)c([N+](=O)[O-])c2)c2ccc(N3CCN(Cc4ccccc4-c4ccc(Cl)cc4)CC3)cc21. The van der Waals surface area contributed by atoms with E-state index >= 15 is 0 Å². The van der Waals surface area contributed by atoms with Gasteiger partial charge in [-0.15, -0.1) is 11.8 Å². The van der Waals surface area contributed by atoms with E-state index in [9.17, 15) is 18.5 Å². The van der Waals surface area contributed by atoms with Gasteiger partial charge in [0.05, 0.1) is 15.3 Å². The summed E-state index contributed by atoms with van der Waals surface area (Å²) in [5, 5.41) is 20.8. The lowest BCUT2D eigenvalue weighted by molar-refractivity contribution is -0.384. The van der Waals surface area contributed by atoms with Gasteiger partial charge in [-0.1, -0.05) is 66.2 Å². The highest BCUT2D eigenvalue weighted by atomic mass is 35.5. The number of thioether (sulfide) groups is 1. The highest BCUT2D eigenvalue weighted by Crippen LogP contribution is 2.33. The first-order valence-corrected chi connectivity index (χ1v) is 20.0. The van der Waals surface area contributed by atoms with E-state index in [1.54, 1.807) is 23.5 Å². The lowest BCUT2D eigenvalue weighted by atomic mass is 9.99. The van der Waals surface area contributed by atoms with E-state index in [0.717, 1.165) is 65.5 Å². The van der Waals surface area contributed by atoms with Crippen molar-refractivity contribution in [2.24, 2.45) is 7.05 Å². The molecule has 1 aliphatic rings. The predicted molar refractivity (Wildman–Crippen MR) is 215 cm³/mol. The van der Waals surface area contributed by atoms with E-state index < -0.39 is 14.9 Å². The second-order valence-corrected chi connectivity index (χ2v) is 16.0. The topological polar surface area (TPSA) is 126 Å². The molecule has 5 aromatic carbocycles. The number of nitro benzene ring substituents is 1. The Balaban J connectivity index is 1.00. The number of nitrogens with zero attached hydrogens (tertiary/aromatic N) is 5. The fourth-order valence-electron chi connectivity index (χ4n) is 6.53. The average Bonchev–Trinajstić information content (AvgIpc) is 3.47. The van der Waals surface area contributed by atoms with Crippen LogP contribution >= 0.6 is 23.4 Å². The predicted octanol–water partition coefficient (Wildman–Crippen LogP) is 8.13. The molecular formula is C39H38ClN7O4S2. The number of hydrogen-bond donors (Lipinski definition) is 2. The monoisotopic (exact) mass is 767 g/mol. The van der Waals surface area contributed by atoms with Gasteiger partial charge in [0.2, 0.25) is 0 Å². The van der Waals surface area contributed by atoms with Crippen LogP contribution in [0.4, 0.5) is 22.9 Å². The summed E-state index contributed by atoms with van der Waals surface area (Å²) in [6.45, 7) is 4.74. The Morgan fingerprint density at radius 3 is 2.38 bits per heavy atom. The van der Waals surface area contributed by atoms with Gasteiger partial charge >= 0.3 is 0 Å². The lowest BCUT2D eigenvalue weighted by Gasteiger charge is -2.36. The molecule has 1 aliphatic heterocycles. The van der Waals surface area contributed by atoms with Crippen molar-refractivity contribution >= 4 is 67.2 Å². The summed E-state index contributed by atoms with van der Waals surface area (Å²) in [5.74, 6) is 0.829. The first-order chi connectivity index (χ1) is 25.6. The summed E-state index contributed by atoms with van der Waals surface area (Å²) in [4.78, 5) is 17.0. The van der Waals surface area contributed by atoms with Crippen LogP contribution in [-0.2, 0) is 23.6 Å². The van der Waals surface area contributed by atoms with Crippen molar-refractivity contribution in [3.05, 3.63) is 136 Å². The van der Waals surface area contributed by atoms with Crippen LogP contribution in [0, 0.1) is 10.1 Å². The minimum Gasteiger partial charge on any atom is -0.379 e. The molecule has 0 saturated carbocycles. The Morgan fingerprint density at radius 1 is 0.887 bits per heavy atom. The largest absolute Gasteiger partial charge is 0.379 e. The van der Waals surface area contributed by atoms with Crippen LogP contribution in [-0.4, -0.2) is 66.5 Å². The number of fused-ring (bicyclic) bond motifs is 1. The van der Waals surface area contributed by atoms with Crippen molar-refractivity contribution in [3.8, 4) is 11.1 Å². The Hall–Kier alpha value is -5.08. The first kappa shape index (κ1) is 36.3. The molecule has 272 valence electrons. The molecule has 0 aliphatic carbocycles. The molecule has 1 fully saturated rings. The molecule has 6 aromatic rings. The third-order valence-corrected chi connectivity index (χ3v) is 11.9. The molecule has 0 unspecified atom stereocenters. The minimum atomic E-state index is -4.19. The van der Waals surface area contributed by atoms with Crippen molar-refractivity contribution in [1.82, 2.24) is 14.7 Å². The highest BCUT2D eigenvalue weighted by Gasteiger charge is 2.25. The number of nitro groups is 1. The smallest absolute Gasteiger partial charge is 0.293 e. The van der Waals surface area contributed by atoms with Crippen molar-refractivity contribution in [1.29, 1.82) is 0 Å². The van der Waals surface area contributed by atoms with E-state index in [-0.39, 0.29) is 22.1 Å². The number of nitrogens with one attached hydrogen (secondary N) is 2. The van der Waals surface area contributed by atoms with E-state index in [0.29, 0.717) is 17.7 Å². The van der Waals surface area contributed by atoms with E-state index in [1.165, 1.54) is 23.3 Å². The minimum absolute atomic E-state index is 0.154. The molecule has 0 bridgehead atoms. The number of anilines is 3. The second-order valence-electron chi connectivity index (χ2n) is 12.7. The van der Waals surface area contributed by atoms with Crippen LogP contribution in [0.25, 0.3) is 22.0 Å². The van der Waals surface area contributed by atoms with E-state index in [4.69, 9.17) is 11.6 Å². The van der Waals surface area contributed by atoms with Gasteiger partial charge < -0.3 is 10.2 Å². The molecule has 1 saturated heterocycles. The molecule has 0 atom stereocenters. The summed E-state index contributed by atoms with van der Waals surface area (Å²) in [7, 11) is -2.43. The maximum Gasteiger partial charge on any atom is 0.293 e. The van der Waals surface area contributed by atoms with Gasteiger partial charge in [-0.3, -0.25) is 24.4 Å². The summed E-state index contributed by atoms with van der Waals surface area (Å²) in [6, 6.07) is 36.0. The number of halogens is 1. The summed E-state index contributed by atoms with van der Waals surface area (Å²) < 4.78 is 31.3. The van der Waals surface area contributed by atoms with Gasteiger partial charge in [0, 0.05) is 79.1 Å². The van der Waals surface area contributed by atoms with Gasteiger partial charge in [-0.2, -0.15) is 5.10 Å². The Labute approximate surface area is 317 Å². The Bertz CT molecular complexity index is 2350. The van der Waals surface area contributed by atoms with Crippen LogP contribution in [0.15, 0.2) is 125 Å². The molecule has 2 N–H and O–H groups in total. The third-order valence-electron chi connectivity index (χ3n) is 9.28. The molecule has 1 aromatic heterocycles. The zero-order valence-electron chi connectivity index (χ0n) is 29.0. The van der Waals surface area contributed by atoms with E-state index in [1.807, 2.05) is 60.7 Å². The number of hydrogen-bond acceptors (Lipinski definition) is 9. The van der Waals surface area contributed by atoms with Gasteiger partial charge in [-0.25, -0.2) is 8.42 Å². The standard InChI is InChI=1S/C39H38ClN7O4S2/c1-44-37-25-31(46-22-20-45(21-23-46)27-29-7-5-6-10-34(29)28-11-13-30(40)14-12-28)15-17-35(37)39(42-44)43-53(50,51)33-16-18-36(38(26-33)47(48)49)41-19-24-52-32-8-3-2-4-9-32/h2-18,25-26,41H,19-24,27H2,1H3,(H,42,43). The van der Waals surface area contributed by atoms with Crippen LogP contribution in [0.5, 0.6) is 0 Å². The zero-order chi connectivity index (χ0) is 37.0.